The molecule has 31 heavy (non-hydrogen) atoms. The maximum atomic E-state index is 2.40. The number of hydrogen-bond acceptors (Lipinski definition) is 0. The lowest BCUT2D eigenvalue weighted by Gasteiger charge is -2.35. The number of benzene rings is 4. The second kappa shape index (κ2) is 5.65. The lowest BCUT2D eigenvalue weighted by molar-refractivity contribution is 0.498. The van der Waals surface area contributed by atoms with Crippen LogP contribution in [0.1, 0.15) is 42.5 Å². The van der Waals surface area contributed by atoms with Gasteiger partial charge in [-0.1, -0.05) is 108 Å². The molecule has 0 heteroatoms. The summed E-state index contributed by atoms with van der Waals surface area (Å²) in [6, 6.07) is 36.4. The molecule has 0 fully saturated rings. The molecule has 2 spiro atoms. The molecular weight excluding hydrogens is 372 g/mol. The summed E-state index contributed by atoms with van der Waals surface area (Å²) >= 11 is 0. The van der Waals surface area contributed by atoms with Crippen molar-refractivity contribution in [2.45, 2.75) is 31.1 Å². The van der Waals surface area contributed by atoms with Crippen LogP contribution in [0.4, 0.5) is 0 Å². The van der Waals surface area contributed by atoms with Crippen LogP contribution >= 0.6 is 0 Å². The van der Waals surface area contributed by atoms with Crippen molar-refractivity contribution in [3.63, 3.8) is 0 Å². The van der Waals surface area contributed by atoms with Crippen molar-refractivity contribution < 1.29 is 0 Å². The van der Waals surface area contributed by atoms with Crippen molar-refractivity contribution in [3.8, 4) is 22.3 Å². The van der Waals surface area contributed by atoms with Gasteiger partial charge in [0.1, 0.15) is 0 Å². The first-order valence-electron chi connectivity index (χ1n) is 11.3. The third-order valence-corrected chi connectivity index (χ3v) is 8.50. The molecule has 0 atom stereocenters. The van der Waals surface area contributed by atoms with Crippen molar-refractivity contribution in [2.24, 2.45) is 0 Å². The molecule has 4 aromatic carbocycles. The maximum absolute atomic E-state index is 2.40. The van der Waals surface area contributed by atoms with Gasteiger partial charge < -0.3 is 0 Å². The van der Waals surface area contributed by atoms with Crippen molar-refractivity contribution in [1.29, 1.82) is 0 Å². The molecule has 0 N–H and O–H groups in total. The fraction of sp³-hybridized carbons (Fsp3) is 0.161. The van der Waals surface area contributed by atoms with Crippen LogP contribution in [0.15, 0.2) is 108 Å². The first-order valence-corrected chi connectivity index (χ1v) is 11.3. The van der Waals surface area contributed by atoms with Crippen LogP contribution in [0, 0.1) is 0 Å². The lowest BCUT2D eigenvalue weighted by Crippen LogP contribution is -2.31. The van der Waals surface area contributed by atoms with E-state index in [0.29, 0.717) is 0 Å². The van der Waals surface area contributed by atoms with Crippen LogP contribution in [-0.2, 0) is 10.8 Å². The Morgan fingerprint density at radius 2 is 0.677 bits per heavy atom. The Bertz CT molecular complexity index is 1230. The molecule has 0 saturated carbocycles. The summed E-state index contributed by atoms with van der Waals surface area (Å²) in [5.74, 6) is 0. The zero-order chi connectivity index (χ0) is 20.8. The highest BCUT2D eigenvalue weighted by Gasteiger charge is 2.59. The van der Waals surface area contributed by atoms with Crippen LogP contribution in [0.3, 0.4) is 0 Å². The maximum Gasteiger partial charge on any atom is 0.0438 e. The van der Waals surface area contributed by atoms with E-state index < -0.39 is 0 Å². The molecule has 0 amide bonds. The van der Waals surface area contributed by atoms with E-state index >= 15 is 0 Å². The summed E-state index contributed by atoms with van der Waals surface area (Å²) in [5, 5.41) is 0. The fourth-order valence-corrected chi connectivity index (χ4v) is 7.14. The van der Waals surface area contributed by atoms with E-state index in [-0.39, 0.29) is 10.8 Å². The molecule has 0 aromatic heterocycles. The normalized spacial score (nSPS) is 18.3. The van der Waals surface area contributed by atoms with Gasteiger partial charge in [0.15, 0.2) is 0 Å². The molecule has 0 aliphatic heterocycles. The van der Waals surface area contributed by atoms with Crippen molar-refractivity contribution in [1.82, 2.24) is 0 Å². The highest BCUT2D eigenvalue weighted by Crippen LogP contribution is 2.68. The Kier molecular flexibility index (Phi) is 3.15. The summed E-state index contributed by atoms with van der Waals surface area (Å²) in [5.41, 5.74) is 14.4. The average Bonchev–Trinajstić information content (AvgIpc) is 3.37. The van der Waals surface area contributed by atoms with Gasteiger partial charge in [-0.15, -0.1) is 0 Å². The SMILES string of the molecule is CC1=C(C)C2(CC13c1ccccc1-c1ccccc13)c1ccccc1-c1ccccc12. The minimum absolute atomic E-state index is 0.0676. The summed E-state index contributed by atoms with van der Waals surface area (Å²) in [6.45, 7) is 4.79. The lowest BCUT2D eigenvalue weighted by atomic mass is 9.66. The van der Waals surface area contributed by atoms with E-state index in [4.69, 9.17) is 0 Å². The van der Waals surface area contributed by atoms with Gasteiger partial charge in [-0.05, 0) is 64.8 Å². The summed E-state index contributed by atoms with van der Waals surface area (Å²) < 4.78 is 0. The smallest absolute Gasteiger partial charge is 0.0438 e. The second-order valence-electron chi connectivity index (χ2n) is 9.42. The van der Waals surface area contributed by atoms with E-state index in [1.807, 2.05) is 0 Å². The van der Waals surface area contributed by atoms with Gasteiger partial charge in [-0.25, -0.2) is 0 Å². The number of allylic oxidation sites excluding steroid dienone is 2. The van der Waals surface area contributed by atoms with E-state index in [2.05, 4.69) is 111 Å². The predicted octanol–water partition coefficient (Wildman–Crippen LogP) is 7.66. The Morgan fingerprint density at radius 1 is 0.419 bits per heavy atom. The Labute approximate surface area is 183 Å². The van der Waals surface area contributed by atoms with Crippen molar-refractivity contribution >= 4 is 0 Å². The van der Waals surface area contributed by atoms with E-state index in [9.17, 15) is 0 Å². The van der Waals surface area contributed by atoms with Gasteiger partial charge in [0.25, 0.3) is 0 Å². The van der Waals surface area contributed by atoms with E-state index in [1.54, 1.807) is 0 Å². The molecule has 0 unspecified atom stereocenters. The molecule has 3 aliphatic carbocycles. The molecule has 4 aromatic rings. The van der Waals surface area contributed by atoms with Gasteiger partial charge in [0.2, 0.25) is 0 Å². The largest absolute Gasteiger partial charge is 0.0619 e. The molecule has 0 heterocycles. The topological polar surface area (TPSA) is 0 Å². The average molecular weight is 397 g/mol. The van der Waals surface area contributed by atoms with Gasteiger partial charge >= 0.3 is 0 Å². The molecule has 3 aliphatic rings. The molecule has 0 nitrogen and oxygen atoms in total. The predicted molar refractivity (Wildman–Crippen MR) is 128 cm³/mol. The van der Waals surface area contributed by atoms with Crippen LogP contribution in [-0.4, -0.2) is 0 Å². The summed E-state index contributed by atoms with van der Waals surface area (Å²) in [4.78, 5) is 0. The molecule has 0 saturated heterocycles. The number of rotatable bonds is 0. The highest BCUT2D eigenvalue weighted by atomic mass is 14.6. The number of fused-ring (bicyclic) bond motifs is 10. The fourth-order valence-electron chi connectivity index (χ4n) is 7.14. The summed E-state index contributed by atoms with van der Waals surface area (Å²) in [6.07, 6.45) is 1.07. The van der Waals surface area contributed by atoms with Crippen LogP contribution in [0.25, 0.3) is 22.3 Å². The van der Waals surface area contributed by atoms with Gasteiger partial charge in [-0.2, -0.15) is 0 Å². The third-order valence-electron chi connectivity index (χ3n) is 8.50. The molecule has 7 rings (SSSR count). The summed E-state index contributed by atoms with van der Waals surface area (Å²) in [7, 11) is 0. The quantitative estimate of drug-likeness (QED) is 0.268. The van der Waals surface area contributed by atoms with Crippen LogP contribution in [0.2, 0.25) is 0 Å². The highest BCUT2D eigenvalue weighted by molar-refractivity contribution is 5.89. The van der Waals surface area contributed by atoms with Crippen LogP contribution < -0.4 is 0 Å². The second-order valence-corrected chi connectivity index (χ2v) is 9.42. The zero-order valence-corrected chi connectivity index (χ0v) is 17.9. The first kappa shape index (κ1) is 17.3. The standard InChI is InChI=1S/C31H24/c1-20-21(2)31(28-17-9-5-13-24(28)25-14-6-10-18-29(25)31)19-30(20)26-15-7-3-11-22(26)23-12-4-8-16-27(23)30/h3-18H,19H2,1-2H3. The zero-order valence-electron chi connectivity index (χ0n) is 17.9. The van der Waals surface area contributed by atoms with Crippen molar-refractivity contribution in [2.75, 3.05) is 0 Å². The molecular formula is C31H24. The van der Waals surface area contributed by atoms with Gasteiger partial charge in [-0.3, -0.25) is 0 Å². The van der Waals surface area contributed by atoms with Gasteiger partial charge in [0.05, 0.1) is 0 Å². The minimum atomic E-state index is -0.0676. The monoisotopic (exact) mass is 396 g/mol. The molecule has 0 bridgehead atoms. The van der Waals surface area contributed by atoms with E-state index in [0.717, 1.165) is 6.42 Å². The third kappa shape index (κ3) is 1.80. The molecule has 148 valence electrons. The molecule has 0 radical (unpaired) electrons. The Hall–Kier alpha value is -3.38. The van der Waals surface area contributed by atoms with Crippen LogP contribution in [0.5, 0.6) is 0 Å². The van der Waals surface area contributed by atoms with E-state index in [1.165, 1.54) is 55.7 Å². The van der Waals surface area contributed by atoms with Gasteiger partial charge in [0, 0.05) is 10.8 Å². The first-order chi connectivity index (χ1) is 15.2. The Morgan fingerprint density at radius 3 is 0.968 bits per heavy atom. The minimum Gasteiger partial charge on any atom is -0.0619 e. The Balaban J connectivity index is 1.60. The number of hydrogen-bond donors (Lipinski definition) is 0. The van der Waals surface area contributed by atoms with Crippen molar-refractivity contribution in [3.05, 3.63) is 130 Å².